The van der Waals surface area contributed by atoms with Crippen LogP contribution in [0.15, 0.2) is 36.5 Å². The van der Waals surface area contributed by atoms with Crippen molar-refractivity contribution in [1.82, 2.24) is 9.88 Å². The van der Waals surface area contributed by atoms with Gasteiger partial charge in [0.2, 0.25) is 0 Å². The molecule has 22 heavy (non-hydrogen) atoms. The first-order chi connectivity index (χ1) is 10.6. The molecule has 1 aromatic heterocycles. The van der Waals surface area contributed by atoms with Gasteiger partial charge in [-0.2, -0.15) is 0 Å². The van der Waals surface area contributed by atoms with Crippen LogP contribution in [0.2, 0.25) is 0 Å². The first kappa shape index (κ1) is 14.6. The fourth-order valence-corrected chi connectivity index (χ4v) is 2.73. The van der Waals surface area contributed by atoms with E-state index in [0.29, 0.717) is 0 Å². The topological polar surface area (TPSA) is 48.4 Å². The van der Waals surface area contributed by atoms with Gasteiger partial charge in [0.25, 0.3) is 0 Å². The van der Waals surface area contributed by atoms with Crippen molar-refractivity contribution in [2.45, 2.75) is 6.92 Å². The lowest BCUT2D eigenvalue weighted by molar-refractivity contribution is 0.425. The lowest BCUT2D eigenvalue weighted by Gasteiger charge is -2.15. The second-order valence-corrected chi connectivity index (χ2v) is 5.91. The standard InChI is InChI=1S/C18H21N3O/c1-12-11-20-18(19-8-9-21(2)3)17-15(12)6-4-13-10-14(22)5-7-16(13)17/h4-7,10-11,22H,8-9H2,1-3H3,(H,19,20). The van der Waals surface area contributed by atoms with Gasteiger partial charge in [0.1, 0.15) is 11.6 Å². The van der Waals surface area contributed by atoms with Crippen molar-refractivity contribution in [3.8, 4) is 5.75 Å². The zero-order valence-corrected chi connectivity index (χ0v) is 13.2. The molecule has 0 atom stereocenters. The summed E-state index contributed by atoms with van der Waals surface area (Å²) in [5.74, 6) is 1.19. The van der Waals surface area contributed by atoms with Crippen molar-refractivity contribution >= 4 is 27.4 Å². The van der Waals surface area contributed by atoms with Crippen LogP contribution < -0.4 is 5.32 Å². The monoisotopic (exact) mass is 295 g/mol. The molecule has 0 fully saturated rings. The summed E-state index contributed by atoms with van der Waals surface area (Å²) in [5, 5.41) is 17.6. The fraction of sp³-hybridized carbons (Fsp3) is 0.278. The van der Waals surface area contributed by atoms with E-state index in [2.05, 4.69) is 42.3 Å². The van der Waals surface area contributed by atoms with E-state index in [-0.39, 0.29) is 5.75 Å². The van der Waals surface area contributed by atoms with Crippen molar-refractivity contribution in [2.24, 2.45) is 0 Å². The lowest BCUT2D eigenvalue weighted by Crippen LogP contribution is -2.21. The molecule has 1 heterocycles. The summed E-state index contributed by atoms with van der Waals surface area (Å²) in [7, 11) is 4.11. The Balaban J connectivity index is 2.17. The van der Waals surface area contributed by atoms with E-state index in [1.165, 1.54) is 5.39 Å². The molecule has 0 spiro atoms. The van der Waals surface area contributed by atoms with Gasteiger partial charge in [0.05, 0.1) is 0 Å². The number of nitrogens with one attached hydrogen (secondary N) is 1. The third-order valence-electron chi connectivity index (χ3n) is 3.90. The summed E-state index contributed by atoms with van der Waals surface area (Å²) in [4.78, 5) is 6.72. The Morgan fingerprint density at radius 1 is 1.14 bits per heavy atom. The molecule has 0 radical (unpaired) electrons. The molecule has 4 nitrogen and oxygen atoms in total. The summed E-state index contributed by atoms with van der Waals surface area (Å²) in [5.41, 5.74) is 1.16. The number of rotatable bonds is 4. The molecular formula is C18H21N3O. The van der Waals surface area contributed by atoms with Crippen LogP contribution in [0.1, 0.15) is 5.56 Å². The molecule has 0 aliphatic carbocycles. The number of aromatic hydroxyl groups is 1. The Labute approximate surface area is 130 Å². The Bertz CT molecular complexity index is 827. The molecule has 0 bridgehead atoms. The number of hydrogen-bond donors (Lipinski definition) is 2. The summed E-state index contributed by atoms with van der Waals surface area (Å²) < 4.78 is 0. The molecule has 0 unspecified atom stereocenters. The predicted octanol–water partition coefficient (Wildman–Crippen LogP) is 3.38. The van der Waals surface area contributed by atoms with Crippen LogP contribution in [0.3, 0.4) is 0 Å². The predicted molar refractivity (Wildman–Crippen MR) is 92.7 cm³/mol. The molecule has 3 rings (SSSR count). The molecule has 0 saturated carbocycles. The number of phenolic OH excluding ortho intramolecular Hbond substituents is 1. The van der Waals surface area contributed by atoms with Crippen LogP contribution in [0.4, 0.5) is 5.82 Å². The largest absolute Gasteiger partial charge is 0.508 e. The van der Waals surface area contributed by atoms with E-state index in [1.807, 2.05) is 18.3 Å². The molecular weight excluding hydrogens is 274 g/mol. The van der Waals surface area contributed by atoms with Gasteiger partial charge in [-0.25, -0.2) is 4.98 Å². The fourth-order valence-electron chi connectivity index (χ4n) is 2.73. The quantitative estimate of drug-likeness (QED) is 0.725. The molecule has 0 aliphatic rings. The molecule has 0 aliphatic heterocycles. The highest BCUT2D eigenvalue weighted by atomic mass is 16.3. The summed E-state index contributed by atoms with van der Waals surface area (Å²) >= 11 is 0. The number of aryl methyl sites for hydroxylation is 1. The van der Waals surface area contributed by atoms with E-state index in [1.54, 1.807) is 12.1 Å². The van der Waals surface area contributed by atoms with E-state index >= 15 is 0 Å². The van der Waals surface area contributed by atoms with Gasteiger partial charge in [-0.15, -0.1) is 0 Å². The Kier molecular flexibility index (Phi) is 3.86. The van der Waals surface area contributed by atoms with Crippen LogP contribution in [0.25, 0.3) is 21.5 Å². The maximum absolute atomic E-state index is 9.69. The zero-order chi connectivity index (χ0) is 15.7. The van der Waals surface area contributed by atoms with Crippen LogP contribution >= 0.6 is 0 Å². The zero-order valence-electron chi connectivity index (χ0n) is 13.2. The highest BCUT2D eigenvalue weighted by molar-refractivity contribution is 6.13. The summed E-state index contributed by atoms with van der Waals surface area (Å²) in [6.45, 7) is 3.86. The maximum atomic E-state index is 9.69. The first-order valence-corrected chi connectivity index (χ1v) is 7.46. The van der Waals surface area contributed by atoms with Crippen LogP contribution in [-0.2, 0) is 0 Å². The van der Waals surface area contributed by atoms with Crippen molar-refractivity contribution in [2.75, 3.05) is 32.5 Å². The highest BCUT2D eigenvalue weighted by Gasteiger charge is 2.09. The number of fused-ring (bicyclic) bond motifs is 3. The smallest absolute Gasteiger partial charge is 0.134 e. The van der Waals surface area contributed by atoms with Gasteiger partial charge in [0.15, 0.2) is 0 Å². The molecule has 114 valence electrons. The second kappa shape index (κ2) is 5.81. The van der Waals surface area contributed by atoms with Crippen LogP contribution in [0, 0.1) is 6.92 Å². The second-order valence-electron chi connectivity index (χ2n) is 5.91. The minimum Gasteiger partial charge on any atom is -0.508 e. The first-order valence-electron chi connectivity index (χ1n) is 7.46. The molecule has 2 aromatic carbocycles. The van der Waals surface area contributed by atoms with E-state index < -0.39 is 0 Å². The minimum absolute atomic E-state index is 0.287. The number of likely N-dealkylation sites (N-methyl/N-ethyl adjacent to an activating group) is 1. The van der Waals surface area contributed by atoms with Crippen LogP contribution in [0.5, 0.6) is 5.75 Å². The van der Waals surface area contributed by atoms with Gasteiger partial charge in [0, 0.05) is 24.7 Å². The number of pyridine rings is 1. The summed E-state index contributed by atoms with van der Waals surface area (Å²) in [6.07, 6.45) is 1.91. The minimum atomic E-state index is 0.287. The number of phenols is 1. The molecule has 4 heteroatoms. The number of anilines is 1. The molecule has 2 N–H and O–H groups in total. The SMILES string of the molecule is Cc1cnc(NCCN(C)C)c2c1ccc1cc(O)ccc12. The number of aromatic nitrogens is 1. The average Bonchev–Trinajstić information content (AvgIpc) is 2.48. The van der Waals surface area contributed by atoms with Crippen molar-refractivity contribution in [3.63, 3.8) is 0 Å². The highest BCUT2D eigenvalue weighted by Crippen LogP contribution is 2.33. The Morgan fingerprint density at radius 3 is 2.68 bits per heavy atom. The Hall–Kier alpha value is -2.33. The van der Waals surface area contributed by atoms with Gasteiger partial charge < -0.3 is 15.3 Å². The molecule has 0 amide bonds. The number of hydrogen-bond acceptors (Lipinski definition) is 4. The van der Waals surface area contributed by atoms with E-state index in [4.69, 9.17) is 0 Å². The molecule has 3 aromatic rings. The van der Waals surface area contributed by atoms with Gasteiger partial charge in [-0.1, -0.05) is 12.1 Å². The van der Waals surface area contributed by atoms with Crippen LogP contribution in [-0.4, -0.2) is 42.2 Å². The van der Waals surface area contributed by atoms with E-state index in [0.717, 1.165) is 40.6 Å². The normalized spacial score (nSPS) is 11.5. The van der Waals surface area contributed by atoms with Gasteiger partial charge in [-0.05, 0) is 60.9 Å². The third kappa shape index (κ3) is 2.70. The van der Waals surface area contributed by atoms with Crippen molar-refractivity contribution in [3.05, 3.63) is 42.1 Å². The summed E-state index contributed by atoms with van der Waals surface area (Å²) in [6, 6.07) is 9.64. The third-order valence-corrected chi connectivity index (χ3v) is 3.90. The van der Waals surface area contributed by atoms with E-state index in [9.17, 15) is 5.11 Å². The number of nitrogens with zero attached hydrogens (tertiary/aromatic N) is 2. The van der Waals surface area contributed by atoms with Gasteiger partial charge >= 0.3 is 0 Å². The number of benzene rings is 2. The average molecular weight is 295 g/mol. The maximum Gasteiger partial charge on any atom is 0.134 e. The van der Waals surface area contributed by atoms with Crippen molar-refractivity contribution in [1.29, 1.82) is 0 Å². The van der Waals surface area contributed by atoms with Crippen molar-refractivity contribution < 1.29 is 5.11 Å². The lowest BCUT2D eigenvalue weighted by atomic mass is 10.00. The van der Waals surface area contributed by atoms with Gasteiger partial charge in [-0.3, -0.25) is 0 Å². The molecule has 0 saturated heterocycles. The Morgan fingerprint density at radius 2 is 1.91 bits per heavy atom.